The summed E-state index contributed by atoms with van der Waals surface area (Å²) in [5, 5.41) is 0. The molecule has 0 atom stereocenters. The van der Waals surface area contributed by atoms with Gasteiger partial charge in [-0.05, 0) is 46.6 Å². The standard InChI is InChI=1S/C6H5I.C4H2.CHF3O3S/c7-6-4-2-1-3-5-6;1-3-4-2;2-1(3,4)8(5,6)7/h1-5H;1-2H;(H,5,6,7). The zero-order chi connectivity index (χ0) is 15.5. The molecule has 19 heavy (non-hydrogen) atoms. The van der Waals surface area contributed by atoms with Crippen molar-refractivity contribution in [3.05, 3.63) is 33.9 Å². The Bertz CT molecular complexity index is 527. The van der Waals surface area contributed by atoms with Gasteiger partial charge in [-0.2, -0.15) is 21.6 Å². The fourth-order valence-corrected chi connectivity index (χ4v) is 0.830. The molecule has 1 aromatic rings. The van der Waals surface area contributed by atoms with Crippen LogP contribution in [0.3, 0.4) is 0 Å². The van der Waals surface area contributed by atoms with Crippen molar-refractivity contribution in [3.63, 3.8) is 0 Å². The van der Waals surface area contributed by atoms with Crippen LogP contribution < -0.4 is 0 Å². The van der Waals surface area contributed by atoms with Crippen LogP contribution in [0.4, 0.5) is 13.2 Å². The van der Waals surface area contributed by atoms with Crippen molar-refractivity contribution in [2.75, 3.05) is 0 Å². The lowest BCUT2D eigenvalue weighted by atomic mass is 10.4. The summed E-state index contributed by atoms with van der Waals surface area (Å²) >= 11 is 2.28. The molecule has 0 saturated heterocycles. The second kappa shape index (κ2) is 9.67. The molecule has 0 aliphatic carbocycles. The summed E-state index contributed by atoms with van der Waals surface area (Å²) in [5.74, 6) is 3.92. The van der Waals surface area contributed by atoms with Crippen LogP contribution in [0, 0.1) is 28.3 Å². The van der Waals surface area contributed by atoms with Gasteiger partial charge in [0.2, 0.25) is 0 Å². The lowest BCUT2D eigenvalue weighted by molar-refractivity contribution is -0.0510. The van der Waals surface area contributed by atoms with Crippen molar-refractivity contribution in [2.45, 2.75) is 5.51 Å². The van der Waals surface area contributed by atoms with Gasteiger partial charge in [-0.25, -0.2) is 0 Å². The Morgan fingerprint density at radius 3 is 1.53 bits per heavy atom. The predicted molar refractivity (Wildman–Crippen MR) is 74.4 cm³/mol. The second-order valence-electron chi connectivity index (χ2n) is 2.51. The number of hydrogen-bond donors (Lipinski definition) is 1. The average molecular weight is 404 g/mol. The molecule has 3 nitrogen and oxygen atoms in total. The van der Waals surface area contributed by atoms with Crippen molar-refractivity contribution in [1.29, 1.82) is 0 Å². The summed E-state index contributed by atoms with van der Waals surface area (Å²) in [7, 11) is -5.84. The van der Waals surface area contributed by atoms with E-state index in [2.05, 4.69) is 47.6 Å². The first-order valence-corrected chi connectivity index (χ1v) is 6.73. The van der Waals surface area contributed by atoms with Crippen molar-refractivity contribution >= 4 is 32.7 Å². The molecule has 1 N–H and O–H groups in total. The third-order valence-electron chi connectivity index (χ3n) is 1.11. The molecule has 1 rings (SSSR count). The SMILES string of the molecule is C#CC#C.Ic1ccccc1.O=S(=O)(O)C(F)(F)F. The highest BCUT2D eigenvalue weighted by molar-refractivity contribution is 14.1. The van der Waals surface area contributed by atoms with Gasteiger partial charge in [0.25, 0.3) is 0 Å². The molecule has 0 radical (unpaired) electrons. The molecule has 0 heterocycles. The van der Waals surface area contributed by atoms with E-state index in [-0.39, 0.29) is 0 Å². The molecular weight excluding hydrogens is 396 g/mol. The monoisotopic (exact) mass is 404 g/mol. The van der Waals surface area contributed by atoms with E-state index in [0.717, 1.165) is 0 Å². The molecule has 0 aliphatic heterocycles. The Morgan fingerprint density at radius 1 is 1.11 bits per heavy atom. The van der Waals surface area contributed by atoms with Gasteiger partial charge in [0, 0.05) is 3.57 Å². The van der Waals surface area contributed by atoms with E-state index in [9.17, 15) is 13.2 Å². The minimum absolute atomic E-state index is 1.29. The van der Waals surface area contributed by atoms with Crippen molar-refractivity contribution in [1.82, 2.24) is 0 Å². The summed E-state index contributed by atoms with van der Waals surface area (Å²) in [6, 6.07) is 10.2. The van der Waals surface area contributed by atoms with Crippen LogP contribution in [0.25, 0.3) is 0 Å². The van der Waals surface area contributed by atoms with Crippen LogP contribution in [0.5, 0.6) is 0 Å². The quantitative estimate of drug-likeness (QED) is 0.313. The molecule has 0 bridgehead atoms. The van der Waals surface area contributed by atoms with Gasteiger partial charge >= 0.3 is 15.6 Å². The molecule has 104 valence electrons. The van der Waals surface area contributed by atoms with E-state index < -0.39 is 15.6 Å². The third-order valence-corrected chi connectivity index (χ3v) is 2.41. The van der Waals surface area contributed by atoms with Crippen LogP contribution in [0.1, 0.15) is 0 Å². The Morgan fingerprint density at radius 2 is 1.42 bits per heavy atom. The largest absolute Gasteiger partial charge is 0.522 e. The number of hydrogen-bond acceptors (Lipinski definition) is 2. The van der Waals surface area contributed by atoms with Crippen LogP contribution in [0.15, 0.2) is 30.3 Å². The smallest absolute Gasteiger partial charge is 0.279 e. The van der Waals surface area contributed by atoms with Crippen molar-refractivity contribution in [2.24, 2.45) is 0 Å². The maximum atomic E-state index is 10.7. The average Bonchev–Trinajstić information content (AvgIpc) is 2.28. The van der Waals surface area contributed by atoms with E-state index in [0.29, 0.717) is 0 Å². The summed E-state index contributed by atoms with van der Waals surface area (Å²) in [5.41, 5.74) is -5.53. The fraction of sp³-hybridized carbons (Fsp3) is 0.0909. The van der Waals surface area contributed by atoms with Crippen LogP contribution >= 0.6 is 22.6 Å². The van der Waals surface area contributed by atoms with E-state index in [1.165, 1.54) is 3.57 Å². The lowest BCUT2D eigenvalue weighted by Crippen LogP contribution is -2.21. The molecule has 0 amide bonds. The molecule has 8 heteroatoms. The van der Waals surface area contributed by atoms with Gasteiger partial charge in [0.05, 0.1) is 0 Å². The number of alkyl halides is 3. The normalized spacial score (nSPS) is 9.63. The summed E-state index contributed by atoms with van der Waals surface area (Å²) in [6.07, 6.45) is 9.08. The van der Waals surface area contributed by atoms with E-state index in [4.69, 9.17) is 13.0 Å². The molecule has 1 aromatic carbocycles. The van der Waals surface area contributed by atoms with Crippen LogP contribution in [0.2, 0.25) is 0 Å². The highest BCUT2D eigenvalue weighted by atomic mass is 127. The van der Waals surface area contributed by atoms with Gasteiger partial charge < -0.3 is 0 Å². The second-order valence-corrected chi connectivity index (χ2v) is 5.16. The number of benzene rings is 1. The third kappa shape index (κ3) is 13.0. The maximum absolute atomic E-state index is 10.7. The van der Waals surface area contributed by atoms with Gasteiger partial charge in [0.1, 0.15) is 0 Å². The molecular formula is C11H8F3IO3S. The number of terminal acetylenes is 2. The summed E-state index contributed by atoms with van der Waals surface area (Å²) in [4.78, 5) is 0. The zero-order valence-corrected chi connectivity index (χ0v) is 12.2. The highest BCUT2D eigenvalue weighted by Crippen LogP contribution is 2.20. The topological polar surface area (TPSA) is 54.4 Å². The number of rotatable bonds is 0. The lowest BCUT2D eigenvalue weighted by Gasteiger charge is -1.97. The Labute approximate surface area is 123 Å². The number of halogens is 4. The molecule has 0 saturated carbocycles. The zero-order valence-electron chi connectivity index (χ0n) is 9.23. The summed E-state index contributed by atoms with van der Waals surface area (Å²) in [6.45, 7) is 0. The fourth-order valence-electron chi connectivity index (χ4n) is 0.415. The van der Waals surface area contributed by atoms with Crippen LogP contribution in [-0.2, 0) is 10.1 Å². The van der Waals surface area contributed by atoms with E-state index >= 15 is 0 Å². The molecule has 0 fully saturated rings. The van der Waals surface area contributed by atoms with Gasteiger partial charge in [-0.3, -0.25) is 4.55 Å². The van der Waals surface area contributed by atoms with Gasteiger partial charge in [0.15, 0.2) is 0 Å². The minimum atomic E-state index is -5.84. The summed E-state index contributed by atoms with van der Waals surface area (Å²) < 4.78 is 58.8. The first kappa shape index (κ1) is 20.1. The van der Waals surface area contributed by atoms with Gasteiger partial charge in [-0.1, -0.05) is 18.2 Å². The first-order valence-electron chi connectivity index (χ1n) is 4.21. The van der Waals surface area contributed by atoms with Crippen molar-refractivity contribution in [3.8, 4) is 24.7 Å². The van der Waals surface area contributed by atoms with Crippen LogP contribution in [-0.4, -0.2) is 18.5 Å². The van der Waals surface area contributed by atoms with Crippen molar-refractivity contribution < 1.29 is 26.1 Å². The van der Waals surface area contributed by atoms with E-state index in [1.807, 2.05) is 30.0 Å². The van der Waals surface area contributed by atoms with E-state index in [1.54, 1.807) is 0 Å². The Balaban J connectivity index is 0. The molecule has 0 aliphatic rings. The van der Waals surface area contributed by atoms with Gasteiger partial charge in [-0.15, -0.1) is 12.8 Å². The first-order chi connectivity index (χ1) is 8.56. The minimum Gasteiger partial charge on any atom is -0.279 e. The Kier molecular flexibility index (Phi) is 10.2. The predicted octanol–water partition coefficient (Wildman–Crippen LogP) is 2.94. The maximum Gasteiger partial charge on any atom is 0.522 e. The molecule has 0 aromatic heterocycles. The molecule has 0 unspecified atom stereocenters. The molecule has 0 spiro atoms. The highest BCUT2D eigenvalue weighted by Gasteiger charge is 2.44. The Hall–Kier alpha value is -1.23.